The zero-order valence-corrected chi connectivity index (χ0v) is 11.3. The van der Waals surface area contributed by atoms with Gasteiger partial charge in [0.25, 0.3) is 0 Å². The Labute approximate surface area is 119 Å². The molecule has 110 valence electrons. The molecule has 0 saturated heterocycles. The maximum absolute atomic E-state index is 11.9. The third kappa shape index (κ3) is 4.68. The van der Waals surface area contributed by atoms with Crippen molar-refractivity contribution in [2.24, 2.45) is 0 Å². The molecule has 2 N–H and O–H groups in total. The SMILES string of the molecule is O=C(CNCC(F)(F)F)N[C@H]1C[C@@H]1c1cccc(Cl)c1. The zero-order chi connectivity index (χ0) is 14.8. The fraction of sp³-hybridized carbons (Fsp3) is 0.462. The third-order valence-electron chi connectivity index (χ3n) is 3.02. The fourth-order valence-electron chi connectivity index (χ4n) is 2.04. The predicted molar refractivity (Wildman–Crippen MR) is 69.7 cm³/mol. The largest absolute Gasteiger partial charge is 0.401 e. The smallest absolute Gasteiger partial charge is 0.352 e. The molecule has 1 fully saturated rings. The Balaban J connectivity index is 1.72. The number of amides is 1. The lowest BCUT2D eigenvalue weighted by molar-refractivity contribution is -0.128. The number of rotatable bonds is 5. The van der Waals surface area contributed by atoms with E-state index < -0.39 is 18.6 Å². The van der Waals surface area contributed by atoms with Crippen LogP contribution in [-0.2, 0) is 4.79 Å². The van der Waals surface area contributed by atoms with Crippen molar-refractivity contribution in [1.82, 2.24) is 10.6 Å². The van der Waals surface area contributed by atoms with Crippen LogP contribution in [0.4, 0.5) is 13.2 Å². The lowest BCUT2D eigenvalue weighted by Crippen LogP contribution is -2.39. The van der Waals surface area contributed by atoms with Crippen LogP contribution in [0.3, 0.4) is 0 Å². The molecule has 0 radical (unpaired) electrons. The Kier molecular flexibility index (Phi) is 4.55. The Hall–Kier alpha value is -1.27. The highest BCUT2D eigenvalue weighted by Gasteiger charge is 2.39. The second kappa shape index (κ2) is 6.01. The molecule has 1 aromatic carbocycles. The van der Waals surface area contributed by atoms with Crippen molar-refractivity contribution >= 4 is 17.5 Å². The fourth-order valence-corrected chi connectivity index (χ4v) is 2.23. The average molecular weight is 307 g/mol. The molecule has 0 unspecified atom stereocenters. The van der Waals surface area contributed by atoms with Gasteiger partial charge in [0.15, 0.2) is 0 Å². The van der Waals surface area contributed by atoms with E-state index >= 15 is 0 Å². The highest BCUT2D eigenvalue weighted by molar-refractivity contribution is 6.30. The summed E-state index contributed by atoms with van der Waals surface area (Å²) in [7, 11) is 0. The van der Waals surface area contributed by atoms with E-state index in [9.17, 15) is 18.0 Å². The number of halogens is 4. The van der Waals surface area contributed by atoms with Crippen LogP contribution in [0.1, 0.15) is 17.9 Å². The van der Waals surface area contributed by atoms with E-state index in [-0.39, 0.29) is 18.5 Å². The molecule has 0 aliphatic heterocycles. The van der Waals surface area contributed by atoms with Gasteiger partial charge < -0.3 is 10.6 Å². The minimum absolute atomic E-state index is 0.0198. The summed E-state index contributed by atoms with van der Waals surface area (Å²) >= 11 is 5.88. The molecule has 1 amide bonds. The average Bonchev–Trinajstić information content (AvgIpc) is 3.06. The second-order valence-corrected chi connectivity index (χ2v) is 5.23. The summed E-state index contributed by atoms with van der Waals surface area (Å²) in [6, 6.07) is 7.33. The number of hydrogen-bond donors (Lipinski definition) is 2. The maximum atomic E-state index is 11.9. The van der Waals surface area contributed by atoms with Gasteiger partial charge >= 0.3 is 6.18 Å². The van der Waals surface area contributed by atoms with Gasteiger partial charge in [0.1, 0.15) is 0 Å². The molecule has 2 rings (SSSR count). The van der Waals surface area contributed by atoms with Crippen molar-refractivity contribution in [2.75, 3.05) is 13.1 Å². The van der Waals surface area contributed by atoms with Crippen LogP contribution < -0.4 is 10.6 Å². The van der Waals surface area contributed by atoms with Gasteiger partial charge in [0.2, 0.25) is 5.91 Å². The first kappa shape index (κ1) is 15.1. The number of carbonyl (C=O) groups is 1. The molecule has 20 heavy (non-hydrogen) atoms. The Bertz CT molecular complexity index is 493. The normalized spacial score (nSPS) is 21.6. The van der Waals surface area contributed by atoms with Crippen molar-refractivity contribution in [3.8, 4) is 0 Å². The molecule has 1 aliphatic carbocycles. The first-order chi connectivity index (χ1) is 9.35. The van der Waals surface area contributed by atoms with E-state index in [1.165, 1.54) is 0 Å². The molecule has 0 aromatic heterocycles. The minimum Gasteiger partial charge on any atom is -0.352 e. The van der Waals surface area contributed by atoms with Crippen LogP contribution in [-0.4, -0.2) is 31.2 Å². The van der Waals surface area contributed by atoms with Gasteiger partial charge in [-0.1, -0.05) is 23.7 Å². The number of benzene rings is 1. The van der Waals surface area contributed by atoms with E-state index in [1.54, 1.807) is 6.07 Å². The summed E-state index contributed by atoms with van der Waals surface area (Å²) in [5.41, 5.74) is 1.03. The quantitative estimate of drug-likeness (QED) is 0.877. The molecule has 0 spiro atoms. The van der Waals surface area contributed by atoms with Gasteiger partial charge in [-0.25, -0.2) is 0 Å². The Morgan fingerprint density at radius 2 is 2.15 bits per heavy atom. The molecule has 7 heteroatoms. The van der Waals surface area contributed by atoms with E-state index in [0.29, 0.717) is 5.02 Å². The molecular weight excluding hydrogens is 293 g/mol. The van der Waals surface area contributed by atoms with Crippen molar-refractivity contribution in [3.63, 3.8) is 0 Å². The summed E-state index contributed by atoms with van der Waals surface area (Å²) < 4.78 is 35.7. The summed E-state index contributed by atoms with van der Waals surface area (Å²) in [5, 5.41) is 5.39. The first-order valence-electron chi connectivity index (χ1n) is 6.17. The second-order valence-electron chi connectivity index (χ2n) is 4.79. The molecular formula is C13H14ClF3N2O. The highest BCUT2D eigenvalue weighted by Crippen LogP contribution is 2.41. The molecule has 0 bridgehead atoms. The van der Waals surface area contributed by atoms with Gasteiger partial charge in [0, 0.05) is 17.0 Å². The summed E-state index contributed by atoms with van der Waals surface area (Å²) in [6.45, 7) is -1.50. The minimum atomic E-state index is -4.30. The van der Waals surface area contributed by atoms with Crippen molar-refractivity contribution in [1.29, 1.82) is 0 Å². The molecule has 1 aliphatic rings. The van der Waals surface area contributed by atoms with Crippen LogP contribution in [0.15, 0.2) is 24.3 Å². The van der Waals surface area contributed by atoms with E-state index in [1.807, 2.05) is 18.2 Å². The summed E-state index contributed by atoms with van der Waals surface area (Å²) in [6.07, 6.45) is -3.52. The summed E-state index contributed by atoms with van der Waals surface area (Å²) in [5.74, 6) is -0.232. The highest BCUT2D eigenvalue weighted by atomic mass is 35.5. The van der Waals surface area contributed by atoms with Crippen molar-refractivity contribution in [3.05, 3.63) is 34.9 Å². The van der Waals surface area contributed by atoms with Crippen molar-refractivity contribution in [2.45, 2.75) is 24.6 Å². The first-order valence-corrected chi connectivity index (χ1v) is 6.55. The predicted octanol–water partition coefficient (Wildman–Crippen LogP) is 2.46. The van der Waals surface area contributed by atoms with Crippen LogP contribution in [0.25, 0.3) is 0 Å². The Morgan fingerprint density at radius 3 is 2.80 bits per heavy atom. The number of nitrogens with one attached hydrogen (secondary N) is 2. The Morgan fingerprint density at radius 1 is 1.40 bits per heavy atom. The topological polar surface area (TPSA) is 41.1 Å². The molecule has 3 nitrogen and oxygen atoms in total. The molecule has 1 saturated carbocycles. The monoisotopic (exact) mass is 306 g/mol. The molecule has 0 heterocycles. The van der Waals surface area contributed by atoms with Crippen LogP contribution >= 0.6 is 11.6 Å². The molecule has 2 atom stereocenters. The lowest BCUT2D eigenvalue weighted by atomic mass is 10.1. The maximum Gasteiger partial charge on any atom is 0.401 e. The van der Waals surface area contributed by atoms with Gasteiger partial charge in [-0.15, -0.1) is 0 Å². The third-order valence-corrected chi connectivity index (χ3v) is 3.26. The van der Waals surface area contributed by atoms with Gasteiger partial charge in [-0.2, -0.15) is 13.2 Å². The van der Waals surface area contributed by atoms with Gasteiger partial charge in [0.05, 0.1) is 13.1 Å². The van der Waals surface area contributed by atoms with Crippen LogP contribution in [0, 0.1) is 0 Å². The number of hydrogen-bond acceptors (Lipinski definition) is 2. The molecule has 1 aromatic rings. The van der Waals surface area contributed by atoms with Gasteiger partial charge in [-0.05, 0) is 24.1 Å². The van der Waals surface area contributed by atoms with Crippen molar-refractivity contribution < 1.29 is 18.0 Å². The van der Waals surface area contributed by atoms with Crippen LogP contribution in [0.2, 0.25) is 5.02 Å². The zero-order valence-electron chi connectivity index (χ0n) is 10.5. The lowest BCUT2D eigenvalue weighted by Gasteiger charge is -2.08. The van der Waals surface area contributed by atoms with Gasteiger partial charge in [-0.3, -0.25) is 4.79 Å². The number of alkyl halides is 3. The standard InChI is InChI=1S/C13H14ClF3N2O/c14-9-3-1-2-8(4-9)10-5-11(10)19-12(20)6-18-7-13(15,16)17/h1-4,10-11,18H,5-7H2,(H,19,20)/t10-,11+/m1/s1. The summed E-state index contributed by atoms with van der Waals surface area (Å²) in [4.78, 5) is 11.5. The van der Waals surface area contributed by atoms with E-state index in [4.69, 9.17) is 11.6 Å². The number of carbonyl (C=O) groups excluding carboxylic acids is 1. The van der Waals surface area contributed by atoms with Crippen LogP contribution in [0.5, 0.6) is 0 Å². The van der Waals surface area contributed by atoms with E-state index in [0.717, 1.165) is 12.0 Å². The van der Waals surface area contributed by atoms with E-state index in [2.05, 4.69) is 10.6 Å².